The fourth-order valence-corrected chi connectivity index (χ4v) is 28.1. The van der Waals surface area contributed by atoms with Gasteiger partial charge in [0, 0.05) is 81.6 Å². The van der Waals surface area contributed by atoms with E-state index in [-0.39, 0.29) is 10.8 Å². The summed E-state index contributed by atoms with van der Waals surface area (Å²) in [6, 6.07) is 129. The molecule has 0 unspecified atom stereocenters. The van der Waals surface area contributed by atoms with E-state index in [4.69, 9.17) is 15.0 Å². The van der Waals surface area contributed by atoms with Gasteiger partial charge in [0.2, 0.25) is 5.95 Å². The first-order valence-electron chi connectivity index (χ1n) is 46.0. The fraction of sp³-hybridized carbons (Fsp3) is 0.169. The molecule has 0 aliphatic heterocycles. The minimum Gasteiger partial charge on any atom is -0.309 e. The number of benzene rings is 16. The third-order valence-corrected chi connectivity index (χ3v) is 32.5. The maximum absolute atomic E-state index is 5.41. The Morgan fingerprint density at radius 1 is 0.230 bits per heavy atom. The van der Waals surface area contributed by atoms with Crippen LogP contribution in [-0.4, -0.2) is 38.2 Å². The molecule has 126 heavy (non-hydrogen) atoms. The Morgan fingerprint density at radius 3 is 1.09 bits per heavy atom. The van der Waals surface area contributed by atoms with E-state index in [0.717, 1.165) is 108 Å². The molecule has 0 saturated heterocycles. The first-order valence-corrected chi connectivity index (χ1v) is 46.0. The standard InChI is InChI=1S/C64H46N4.C54H40N4/c1-2-12-41-34-44(22-21-40(41)11-1)62-52-16-4-8-18-57(52)65-63(66-62)68-59-20-10-6-15-51(59)54-36-43(24-28-61(54)68)42-23-27-60-53(35-42)50-14-5-9-19-58(50)67(60)47-25-26-49-48-13-3-7-17-55(48)64(56(49)37-47)45-30-38-29-39(32-45)33-46(64)31-38;1-5-13-46-39(9-1)40-20-19-38(30-47(40)54(46)36-24-32-23-33(26-36)27-37(54)25-32)57-49-15-7-3-10-41(49)44-28-34(17-21-51(44)57)35-18-22-52-45(29-35)42-11-4-8-16-50(42)58(52)53-43-12-2-6-14-48(43)55-31-56-53/h1-28,34-39,45-46H,29-33H2;1-22,28-33,36-37H,23-27H2. The van der Waals surface area contributed by atoms with Crippen molar-refractivity contribution in [3.63, 3.8) is 0 Å². The first kappa shape index (κ1) is 70.1. The highest BCUT2D eigenvalue weighted by Crippen LogP contribution is 2.72. The minimum absolute atomic E-state index is 0.128. The molecule has 8 nitrogen and oxygen atoms in total. The van der Waals surface area contributed by atoms with E-state index < -0.39 is 0 Å². The number of fused-ring (bicyclic) bond motifs is 21. The zero-order valence-corrected chi connectivity index (χ0v) is 69.8. The van der Waals surface area contributed by atoms with Crippen LogP contribution in [0.4, 0.5) is 0 Å². The highest BCUT2D eigenvalue weighted by molar-refractivity contribution is 6.16. The van der Waals surface area contributed by atoms with E-state index in [1.165, 1.54) is 196 Å². The molecule has 6 aromatic heterocycles. The molecular formula is C118H86N8. The molecule has 32 rings (SSSR count). The maximum Gasteiger partial charge on any atom is 0.235 e. The van der Waals surface area contributed by atoms with Crippen molar-refractivity contribution in [1.29, 1.82) is 0 Å². The molecule has 22 aromatic rings. The van der Waals surface area contributed by atoms with Gasteiger partial charge in [-0.15, -0.1) is 0 Å². The summed E-state index contributed by atoms with van der Waals surface area (Å²) < 4.78 is 9.65. The number of nitrogens with zero attached hydrogens (tertiary/aromatic N) is 8. The van der Waals surface area contributed by atoms with Crippen LogP contribution in [-0.2, 0) is 10.8 Å². The van der Waals surface area contributed by atoms with Gasteiger partial charge in [-0.05, 0) is 310 Å². The SMILES string of the molecule is c1ccc2c(c1)-c1ccc(-n3c4ccccc4c4cc(-c5ccc6c(c5)c5ccccc5n6-c5nc(-c6ccc7ccccc7c6)c6ccccc6n5)ccc43)cc1C21C2CC3CC(C2)CC1C3.c1ccc2c(c1)-c1ccc(-n3c4ccccc4c4cc(-c5ccc6c(c5)c5ccccc5n6-c5ncnc6ccccc56)ccc43)cc1C21C2CC3CC(C2)CC1C3. The summed E-state index contributed by atoms with van der Waals surface area (Å²) >= 11 is 0. The summed E-state index contributed by atoms with van der Waals surface area (Å²) in [5.41, 5.74) is 33.3. The van der Waals surface area contributed by atoms with Crippen molar-refractivity contribution in [1.82, 2.24) is 38.2 Å². The Balaban J connectivity index is 0.000000127. The smallest absolute Gasteiger partial charge is 0.235 e. The van der Waals surface area contributed by atoms with Gasteiger partial charge in [-0.25, -0.2) is 19.9 Å². The van der Waals surface area contributed by atoms with Gasteiger partial charge in [0.05, 0.1) is 60.9 Å². The first-order chi connectivity index (χ1) is 62.4. The molecule has 6 heterocycles. The van der Waals surface area contributed by atoms with E-state index in [1.807, 2.05) is 6.07 Å². The molecule has 0 atom stereocenters. The van der Waals surface area contributed by atoms with Crippen molar-refractivity contribution >= 4 is 120 Å². The monoisotopic (exact) mass is 1610 g/mol. The Labute approximate surface area is 728 Å². The van der Waals surface area contributed by atoms with Gasteiger partial charge in [0.15, 0.2) is 0 Å². The van der Waals surface area contributed by atoms with Crippen LogP contribution in [0.3, 0.4) is 0 Å². The van der Waals surface area contributed by atoms with E-state index in [9.17, 15) is 0 Å². The normalized spacial score (nSPS) is 22.0. The second-order valence-corrected chi connectivity index (χ2v) is 38.4. The van der Waals surface area contributed by atoms with Gasteiger partial charge in [-0.1, -0.05) is 224 Å². The third-order valence-electron chi connectivity index (χ3n) is 32.5. The second kappa shape index (κ2) is 26.1. The Bertz CT molecular complexity index is 8430. The summed E-state index contributed by atoms with van der Waals surface area (Å²) in [6.07, 6.45) is 15.8. The van der Waals surface area contributed by atoms with E-state index in [0.29, 0.717) is 5.95 Å². The Kier molecular flexibility index (Phi) is 14.5. The lowest BCUT2D eigenvalue weighted by atomic mass is 9.43. The van der Waals surface area contributed by atoms with E-state index >= 15 is 0 Å². The molecular weight excluding hydrogens is 1530 g/mol. The van der Waals surface area contributed by atoms with Crippen LogP contribution in [0.15, 0.2) is 352 Å². The molecule has 0 amide bonds. The summed E-state index contributed by atoms with van der Waals surface area (Å²) in [6.45, 7) is 0. The number of para-hydroxylation sites is 6. The van der Waals surface area contributed by atoms with Crippen molar-refractivity contribution in [3.05, 3.63) is 374 Å². The van der Waals surface area contributed by atoms with Crippen LogP contribution in [0.25, 0.3) is 199 Å². The van der Waals surface area contributed by atoms with Crippen LogP contribution in [0, 0.1) is 47.3 Å². The molecule has 8 saturated carbocycles. The number of hydrogen-bond donors (Lipinski definition) is 0. The Hall–Kier alpha value is -14.3. The highest BCUT2D eigenvalue weighted by Gasteiger charge is 2.63. The largest absolute Gasteiger partial charge is 0.309 e. The predicted molar refractivity (Wildman–Crippen MR) is 517 cm³/mol. The predicted octanol–water partition coefficient (Wildman–Crippen LogP) is 29.2. The minimum atomic E-state index is 0.128. The lowest BCUT2D eigenvalue weighted by Gasteiger charge is -2.61. The van der Waals surface area contributed by atoms with E-state index in [2.05, 4.69) is 363 Å². The zero-order chi connectivity index (χ0) is 81.9. The average Bonchev–Trinajstić information content (AvgIpc) is 1.49. The summed E-state index contributed by atoms with van der Waals surface area (Å²) in [5.74, 6) is 8.22. The molecule has 10 aliphatic rings. The number of rotatable bonds is 7. The second-order valence-electron chi connectivity index (χ2n) is 38.4. The third kappa shape index (κ3) is 9.68. The summed E-state index contributed by atoms with van der Waals surface area (Å²) in [5, 5.41) is 14.4. The van der Waals surface area contributed by atoms with Crippen LogP contribution in [0.1, 0.15) is 86.5 Å². The highest BCUT2D eigenvalue weighted by atomic mass is 15.2. The molecule has 598 valence electrons. The van der Waals surface area contributed by atoms with Crippen LogP contribution in [0.5, 0.6) is 0 Å². The topological polar surface area (TPSA) is 71.3 Å². The number of aromatic nitrogens is 8. The van der Waals surface area contributed by atoms with E-state index in [1.54, 1.807) is 28.6 Å². The summed E-state index contributed by atoms with van der Waals surface area (Å²) in [7, 11) is 0. The number of hydrogen-bond acceptors (Lipinski definition) is 4. The lowest BCUT2D eigenvalue weighted by molar-refractivity contribution is -0.0399. The van der Waals surface area contributed by atoms with Crippen LogP contribution in [0.2, 0.25) is 0 Å². The maximum atomic E-state index is 5.41. The van der Waals surface area contributed by atoms with Gasteiger partial charge in [-0.2, -0.15) is 0 Å². The van der Waals surface area contributed by atoms with Crippen molar-refractivity contribution < 1.29 is 0 Å². The fourth-order valence-electron chi connectivity index (χ4n) is 28.1. The molecule has 8 bridgehead atoms. The molecule has 10 aliphatic carbocycles. The van der Waals surface area contributed by atoms with Gasteiger partial charge in [0.25, 0.3) is 0 Å². The van der Waals surface area contributed by atoms with Crippen LogP contribution >= 0.6 is 0 Å². The molecule has 0 N–H and O–H groups in total. The van der Waals surface area contributed by atoms with Gasteiger partial charge >= 0.3 is 0 Å². The zero-order valence-electron chi connectivity index (χ0n) is 69.8. The van der Waals surface area contributed by atoms with Crippen LogP contribution < -0.4 is 0 Å². The quantitative estimate of drug-likeness (QED) is 0.159. The van der Waals surface area contributed by atoms with Crippen molar-refractivity contribution in [2.24, 2.45) is 47.3 Å². The average molecular weight is 1620 g/mol. The van der Waals surface area contributed by atoms with Crippen molar-refractivity contribution in [3.8, 4) is 78.9 Å². The molecule has 8 fully saturated rings. The molecule has 2 spiro atoms. The Morgan fingerprint density at radius 2 is 0.595 bits per heavy atom. The molecule has 8 heteroatoms. The van der Waals surface area contributed by atoms with Gasteiger partial charge in [0.1, 0.15) is 12.1 Å². The van der Waals surface area contributed by atoms with Crippen molar-refractivity contribution in [2.45, 2.75) is 75.0 Å². The molecule has 0 radical (unpaired) electrons. The van der Waals surface area contributed by atoms with Gasteiger partial charge in [-0.3, -0.25) is 9.13 Å². The molecule has 16 aromatic carbocycles. The van der Waals surface area contributed by atoms with Crippen molar-refractivity contribution in [2.75, 3.05) is 0 Å². The lowest BCUT2D eigenvalue weighted by Crippen LogP contribution is -2.55. The van der Waals surface area contributed by atoms with Gasteiger partial charge < -0.3 is 9.13 Å². The summed E-state index contributed by atoms with van der Waals surface area (Å²) in [4.78, 5) is 20.1.